The summed E-state index contributed by atoms with van der Waals surface area (Å²) in [6.07, 6.45) is 2.08. The zero-order valence-corrected chi connectivity index (χ0v) is 17.4. The molecule has 0 radical (unpaired) electrons. The number of pyridine rings is 2. The Morgan fingerprint density at radius 1 is 1.20 bits per heavy atom. The normalized spacial score (nSPS) is 13.5. The van der Waals surface area contributed by atoms with E-state index in [-0.39, 0.29) is 30.6 Å². The lowest BCUT2D eigenvalue weighted by Gasteiger charge is -2.28. The first-order valence-electron chi connectivity index (χ1n) is 8.90. The van der Waals surface area contributed by atoms with Crippen molar-refractivity contribution >= 4 is 36.1 Å². The van der Waals surface area contributed by atoms with Crippen LogP contribution in [0, 0.1) is 11.3 Å². The minimum Gasteiger partial charge on any atom is -0.486 e. The van der Waals surface area contributed by atoms with Crippen molar-refractivity contribution in [1.82, 2.24) is 19.9 Å². The van der Waals surface area contributed by atoms with Gasteiger partial charge < -0.3 is 15.0 Å². The lowest BCUT2D eigenvalue weighted by atomic mass is 10.1. The molecule has 7 nitrogen and oxygen atoms in total. The topological polar surface area (TPSA) is 78.5 Å². The van der Waals surface area contributed by atoms with Crippen molar-refractivity contribution in [1.29, 1.82) is 5.26 Å². The van der Waals surface area contributed by atoms with Crippen LogP contribution in [-0.4, -0.2) is 53.8 Å². The maximum atomic E-state index is 12.5. The quantitative estimate of drug-likeness (QED) is 0.635. The molecule has 1 aliphatic heterocycles. The number of nitriles is 1. The van der Waals surface area contributed by atoms with Gasteiger partial charge in [-0.2, -0.15) is 10.4 Å². The highest BCUT2D eigenvalue weighted by Crippen LogP contribution is 2.31. The van der Waals surface area contributed by atoms with Gasteiger partial charge in [0.05, 0.1) is 23.5 Å². The fourth-order valence-corrected chi connectivity index (χ4v) is 3.26. The van der Waals surface area contributed by atoms with Gasteiger partial charge in [0, 0.05) is 43.5 Å². The molecule has 1 N–H and O–H groups in total. The van der Waals surface area contributed by atoms with Crippen molar-refractivity contribution in [2.45, 2.75) is 6.43 Å². The largest absolute Gasteiger partial charge is 0.486 e. The zero-order chi connectivity index (χ0) is 19.5. The van der Waals surface area contributed by atoms with Gasteiger partial charge in [-0.3, -0.25) is 0 Å². The van der Waals surface area contributed by atoms with Crippen LogP contribution in [0.25, 0.3) is 16.6 Å². The summed E-state index contributed by atoms with van der Waals surface area (Å²) >= 11 is 0. The average Bonchev–Trinajstić information content (AvgIpc) is 3.15. The Morgan fingerprint density at radius 3 is 2.60 bits per heavy atom. The first-order valence-corrected chi connectivity index (χ1v) is 8.90. The first kappa shape index (κ1) is 23.6. The van der Waals surface area contributed by atoms with E-state index in [0.29, 0.717) is 16.6 Å². The molecule has 0 spiro atoms. The molecule has 11 heteroatoms. The highest BCUT2D eigenvalue weighted by Gasteiger charge is 2.16. The van der Waals surface area contributed by atoms with Gasteiger partial charge in [0.15, 0.2) is 0 Å². The van der Waals surface area contributed by atoms with Gasteiger partial charge in [-0.05, 0) is 18.2 Å². The van der Waals surface area contributed by atoms with Crippen LogP contribution in [0.5, 0.6) is 5.75 Å². The van der Waals surface area contributed by atoms with Crippen molar-refractivity contribution in [2.75, 3.05) is 37.7 Å². The van der Waals surface area contributed by atoms with E-state index in [0.717, 1.165) is 37.6 Å². The number of hydrogen-bond acceptors (Lipinski definition) is 6. The van der Waals surface area contributed by atoms with Crippen LogP contribution in [0.15, 0.2) is 36.8 Å². The van der Waals surface area contributed by atoms with Crippen LogP contribution in [0.1, 0.15) is 5.56 Å². The van der Waals surface area contributed by atoms with Crippen molar-refractivity contribution in [3.05, 3.63) is 42.4 Å². The molecule has 0 aromatic carbocycles. The van der Waals surface area contributed by atoms with E-state index in [1.807, 2.05) is 12.1 Å². The Hall–Kier alpha value is -2.67. The molecular formula is C19H20Cl2F2N6O. The van der Waals surface area contributed by atoms with Gasteiger partial charge in [0.25, 0.3) is 6.43 Å². The lowest BCUT2D eigenvalue weighted by Crippen LogP contribution is -2.43. The van der Waals surface area contributed by atoms with Crippen molar-refractivity contribution in [3.8, 4) is 22.9 Å². The molecule has 0 amide bonds. The highest BCUT2D eigenvalue weighted by atomic mass is 35.5. The zero-order valence-electron chi connectivity index (χ0n) is 15.8. The van der Waals surface area contributed by atoms with Crippen molar-refractivity contribution in [2.24, 2.45) is 0 Å². The molecule has 4 heterocycles. The lowest BCUT2D eigenvalue weighted by molar-refractivity contribution is 0.0816. The molecule has 3 aromatic rings. The van der Waals surface area contributed by atoms with Gasteiger partial charge in [-0.25, -0.2) is 18.3 Å². The van der Waals surface area contributed by atoms with Crippen molar-refractivity contribution in [3.63, 3.8) is 0 Å². The molecule has 0 unspecified atom stereocenters. The second-order valence-corrected chi connectivity index (χ2v) is 6.40. The van der Waals surface area contributed by atoms with Gasteiger partial charge in [0.1, 0.15) is 24.2 Å². The van der Waals surface area contributed by atoms with E-state index in [1.54, 1.807) is 12.3 Å². The van der Waals surface area contributed by atoms with Gasteiger partial charge in [-0.1, -0.05) is 0 Å². The minimum atomic E-state index is -2.58. The SMILES string of the molecule is Cl.Cl.N#Cc1cnn2cc(OCC(F)F)cc(-c3ccc(N4CCNCC4)nc3)c12. The van der Waals surface area contributed by atoms with Crippen LogP contribution in [-0.2, 0) is 0 Å². The van der Waals surface area contributed by atoms with E-state index < -0.39 is 13.0 Å². The van der Waals surface area contributed by atoms with E-state index in [1.165, 1.54) is 16.9 Å². The van der Waals surface area contributed by atoms with E-state index in [4.69, 9.17) is 4.74 Å². The standard InChI is InChI=1S/C19H18F2N6O.2ClH/c20-17(21)12-28-15-7-16(19-14(8-22)10-25-27(19)11-15)13-1-2-18(24-9-13)26-5-3-23-4-6-26;;/h1-2,7,9-11,17,23H,3-6,12H2;2*1H. The molecule has 3 aromatic heterocycles. The molecule has 30 heavy (non-hydrogen) atoms. The Balaban J connectivity index is 0.00000160. The molecule has 1 saturated heterocycles. The molecule has 1 aliphatic rings. The summed E-state index contributed by atoms with van der Waals surface area (Å²) in [5.74, 6) is 1.13. The molecule has 0 aliphatic carbocycles. The van der Waals surface area contributed by atoms with E-state index in [9.17, 15) is 14.0 Å². The number of hydrogen-bond donors (Lipinski definition) is 1. The molecule has 160 valence electrons. The third-order valence-corrected chi connectivity index (χ3v) is 4.58. The smallest absolute Gasteiger partial charge is 0.272 e. The number of aromatic nitrogens is 3. The van der Waals surface area contributed by atoms with Gasteiger partial charge in [0.2, 0.25) is 0 Å². The second kappa shape index (κ2) is 10.4. The predicted octanol–water partition coefficient (Wildman–Crippen LogP) is 3.17. The highest BCUT2D eigenvalue weighted by molar-refractivity contribution is 5.86. The molecular weight excluding hydrogens is 437 g/mol. The van der Waals surface area contributed by atoms with Crippen LogP contribution >= 0.6 is 24.8 Å². The van der Waals surface area contributed by atoms with Crippen LogP contribution in [0.3, 0.4) is 0 Å². The number of rotatable bonds is 5. The number of piperazine rings is 1. The average molecular weight is 457 g/mol. The summed E-state index contributed by atoms with van der Waals surface area (Å²) in [4.78, 5) is 6.75. The summed E-state index contributed by atoms with van der Waals surface area (Å²) in [6.45, 7) is 2.88. The maximum Gasteiger partial charge on any atom is 0.272 e. The summed E-state index contributed by atoms with van der Waals surface area (Å²) in [6, 6.07) is 7.58. The summed E-state index contributed by atoms with van der Waals surface area (Å²) < 4.78 is 31.7. The molecule has 4 rings (SSSR count). The predicted molar refractivity (Wildman–Crippen MR) is 114 cm³/mol. The Kier molecular flexibility index (Phi) is 8.17. The number of fused-ring (bicyclic) bond motifs is 1. The summed E-state index contributed by atoms with van der Waals surface area (Å²) in [5, 5.41) is 16.8. The third kappa shape index (κ3) is 4.90. The Labute approximate surface area is 184 Å². The number of nitrogens with one attached hydrogen (secondary N) is 1. The van der Waals surface area contributed by atoms with Crippen molar-refractivity contribution < 1.29 is 13.5 Å². The number of halogens is 4. The van der Waals surface area contributed by atoms with Gasteiger partial charge >= 0.3 is 0 Å². The van der Waals surface area contributed by atoms with Crippen LogP contribution < -0.4 is 15.0 Å². The number of anilines is 1. The Bertz CT molecular complexity index is 1020. The summed E-state index contributed by atoms with van der Waals surface area (Å²) in [5.41, 5.74) is 2.38. The minimum absolute atomic E-state index is 0. The first-order chi connectivity index (χ1) is 13.7. The molecule has 0 atom stereocenters. The summed E-state index contributed by atoms with van der Waals surface area (Å²) in [7, 11) is 0. The van der Waals surface area contributed by atoms with Gasteiger partial charge in [-0.15, -0.1) is 24.8 Å². The van der Waals surface area contributed by atoms with E-state index in [2.05, 4.69) is 26.4 Å². The molecule has 0 bridgehead atoms. The molecule has 0 saturated carbocycles. The maximum absolute atomic E-state index is 12.5. The monoisotopic (exact) mass is 456 g/mol. The van der Waals surface area contributed by atoms with E-state index >= 15 is 0 Å². The number of ether oxygens (including phenoxy) is 1. The van der Waals surface area contributed by atoms with Crippen LogP contribution in [0.4, 0.5) is 14.6 Å². The fraction of sp³-hybridized carbons (Fsp3) is 0.316. The van der Waals surface area contributed by atoms with Crippen LogP contribution in [0.2, 0.25) is 0 Å². The second-order valence-electron chi connectivity index (χ2n) is 6.40. The fourth-order valence-electron chi connectivity index (χ4n) is 3.26. The molecule has 1 fully saturated rings. The number of alkyl halides is 2. The number of nitrogens with zero attached hydrogens (tertiary/aromatic N) is 5. The third-order valence-electron chi connectivity index (χ3n) is 4.58. The Morgan fingerprint density at radius 2 is 1.97 bits per heavy atom.